The molecule has 96 valence electrons. The highest BCUT2D eigenvalue weighted by Crippen LogP contribution is 2.15. The second-order valence-corrected chi connectivity index (χ2v) is 4.01. The molecule has 1 aromatic heterocycles. The Balaban J connectivity index is 2.49. The molecule has 19 heavy (non-hydrogen) atoms. The summed E-state index contributed by atoms with van der Waals surface area (Å²) in [5.74, 6) is -1.08. The van der Waals surface area contributed by atoms with E-state index in [9.17, 15) is 4.79 Å². The van der Waals surface area contributed by atoms with Crippen LogP contribution >= 0.6 is 0 Å². The molecule has 0 aliphatic carbocycles. The van der Waals surface area contributed by atoms with E-state index in [-0.39, 0.29) is 5.69 Å². The number of aromatic nitrogens is 3. The number of benzene rings is 1. The maximum Gasteiger partial charge on any atom is 0.358 e. The van der Waals surface area contributed by atoms with E-state index in [0.717, 1.165) is 6.42 Å². The van der Waals surface area contributed by atoms with Gasteiger partial charge in [-0.05, 0) is 30.7 Å². The van der Waals surface area contributed by atoms with Crippen LogP contribution in [0.2, 0.25) is 0 Å². The Labute approximate surface area is 109 Å². The van der Waals surface area contributed by atoms with Gasteiger partial charge in [0, 0.05) is 0 Å². The zero-order valence-electron chi connectivity index (χ0n) is 10.4. The summed E-state index contributed by atoms with van der Waals surface area (Å²) in [4.78, 5) is 11.1. The molecule has 6 nitrogen and oxygen atoms in total. The van der Waals surface area contributed by atoms with Crippen molar-refractivity contribution in [3.63, 3.8) is 0 Å². The van der Waals surface area contributed by atoms with Crippen LogP contribution in [0.25, 0.3) is 5.69 Å². The number of rotatable bonds is 4. The van der Waals surface area contributed by atoms with E-state index < -0.39 is 5.97 Å². The second-order valence-electron chi connectivity index (χ2n) is 4.01. The van der Waals surface area contributed by atoms with Crippen molar-refractivity contribution in [2.75, 3.05) is 0 Å². The van der Waals surface area contributed by atoms with Gasteiger partial charge >= 0.3 is 5.97 Å². The van der Waals surface area contributed by atoms with Crippen molar-refractivity contribution in [3.05, 3.63) is 41.2 Å². The molecule has 1 N–H and O–H groups in total. The zero-order chi connectivity index (χ0) is 13.8. The van der Waals surface area contributed by atoms with Crippen LogP contribution in [0.4, 0.5) is 0 Å². The number of carboxylic acid groups (broad SMARTS) is 1. The molecule has 2 rings (SSSR count). The fraction of sp³-hybridized carbons (Fsp3) is 0.231. The molecule has 0 aliphatic heterocycles. The maximum atomic E-state index is 11.1. The van der Waals surface area contributed by atoms with E-state index in [0.29, 0.717) is 23.4 Å². The van der Waals surface area contributed by atoms with Crippen molar-refractivity contribution in [2.45, 2.75) is 19.8 Å². The van der Waals surface area contributed by atoms with Crippen molar-refractivity contribution >= 4 is 5.97 Å². The Bertz CT molecular complexity index is 638. The molecule has 0 radical (unpaired) electrons. The predicted molar refractivity (Wildman–Crippen MR) is 67.0 cm³/mol. The number of carboxylic acids is 1. The van der Waals surface area contributed by atoms with Crippen LogP contribution < -0.4 is 0 Å². The van der Waals surface area contributed by atoms with E-state index in [1.165, 1.54) is 4.68 Å². The van der Waals surface area contributed by atoms with Gasteiger partial charge in [0.2, 0.25) is 0 Å². The summed E-state index contributed by atoms with van der Waals surface area (Å²) < 4.78 is 1.51. The standard InChI is InChI=1S/C13H12N4O2/c1-2-3-11-12(13(18)19)15-16-17(11)10-6-4-9(8-14)5-7-10/h4-7H,2-3H2,1H3,(H,18,19). The van der Waals surface area contributed by atoms with Gasteiger partial charge in [0.25, 0.3) is 0 Å². The first-order valence-electron chi connectivity index (χ1n) is 5.85. The van der Waals surface area contributed by atoms with Crippen molar-refractivity contribution in [1.29, 1.82) is 5.26 Å². The third-order valence-electron chi connectivity index (χ3n) is 2.69. The Hall–Kier alpha value is -2.68. The topological polar surface area (TPSA) is 91.8 Å². The van der Waals surface area contributed by atoms with Crippen LogP contribution in [0.1, 0.15) is 35.1 Å². The summed E-state index contributed by atoms with van der Waals surface area (Å²) in [5, 5.41) is 25.4. The highest BCUT2D eigenvalue weighted by molar-refractivity contribution is 5.86. The molecule has 0 aliphatic rings. The molecule has 0 amide bonds. The summed E-state index contributed by atoms with van der Waals surface area (Å²) in [7, 11) is 0. The Morgan fingerprint density at radius 2 is 2.11 bits per heavy atom. The molecule has 1 heterocycles. The monoisotopic (exact) mass is 256 g/mol. The van der Waals surface area contributed by atoms with Crippen LogP contribution in [0.5, 0.6) is 0 Å². The quantitative estimate of drug-likeness (QED) is 0.900. The van der Waals surface area contributed by atoms with Gasteiger partial charge in [0.1, 0.15) is 0 Å². The molecule has 0 atom stereocenters. The molecule has 2 aromatic rings. The first kappa shape index (κ1) is 12.8. The van der Waals surface area contributed by atoms with Gasteiger partial charge in [-0.15, -0.1) is 5.10 Å². The lowest BCUT2D eigenvalue weighted by atomic mass is 10.2. The molecule has 0 spiro atoms. The smallest absolute Gasteiger partial charge is 0.358 e. The fourth-order valence-electron chi connectivity index (χ4n) is 1.81. The molecule has 1 aromatic carbocycles. The average Bonchev–Trinajstić information content (AvgIpc) is 2.83. The van der Waals surface area contributed by atoms with Gasteiger partial charge in [-0.3, -0.25) is 0 Å². The van der Waals surface area contributed by atoms with Gasteiger partial charge in [-0.25, -0.2) is 9.48 Å². The number of aromatic carboxylic acids is 1. The lowest BCUT2D eigenvalue weighted by molar-refractivity contribution is 0.0689. The minimum atomic E-state index is -1.08. The molecule has 6 heteroatoms. The molecule has 0 saturated carbocycles. The van der Waals surface area contributed by atoms with Gasteiger partial charge < -0.3 is 5.11 Å². The van der Waals surface area contributed by atoms with Gasteiger partial charge in [0.05, 0.1) is 23.0 Å². The van der Waals surface area contributed by atoms with Crippen LogP contribution in [0.15, 0.2) is 24.3 Å². The van der Waals surface area contributed by atoms with E-state index in [4.69, 9.17) is 10.4 Å². The normalized spacial score (nSPS) is 10.1. The first-order chi connectivity index (χ1) is 9.17. The number of nitrogens with zero attached hydrogens (tertiary/aromatic N) is 4. The highest BCUT2D eigenvalue weighted by Gasteiger charge is 2.18. The summed E-state index contributed by atoms with van der Waals surface area (Å²) in [6.45, 7) is 1.96. The van der Waals surface area contributed by atoms with E-state index in [2.05, 4.69) is 10.3 Å². The molecular weight excluding hydrogens is 244 g/mol. The van der Waals surface area contributed by atoms with Gasteiger partial charge in [0.15, 0.2) is 5.69 Å². The van der Waals surface area contributed by atoms with Crippen molar-refractivity contribution in [1.82, 2.24) is 15.0 Å². The molecule has 0 unspecified atom stereocenters. The van der Waals surface area contributed by atoms with Gasteiger partial charge in [-0.1, -0.05) is 18.6 Å². The largest absolute Gasteiger partial charge is 0.476 e. The lowest BCUT2D eigenvalue weighted by Crippen LogP contribution is -2.06. The Kier molecular flexibility index (Phi) is 3.57. The summed E-state index contributed by atoms with van der Waals surface area (Å²) in [6, 6.07) is 8.79. The zero-order valence-corrected chi connectivity index (χ0v) is 10.4. The summed E-state index contributed by atoms with van der Waals surface area (Å²) >= 11 is 0. The second kappa shape index (κ2) is 5.31. The number of hydrogen-bond donors (Lipinski definition) is 1. The molecule has 0 bridgehead atoms. The fourth-order valence-corrected chi connectivity index (χ4v) is 1.81. The summed E-state index contributed by atoms with van der Waals surface area (Å²) in [6.07, 6.45) is 1.37. The predicted octanol–water partition coefficient (Wildman–Crippen LogP) is 1.79. The summed E-state index contributed by atoms with van der Waals surface area (Å²) in [5.41, 5.74) is 1.78. The van der Waals surface area contributed by atoms with Crippen LogP contribution in [-0.4, -0.2) is 26.1 Å². The van der Waals surface area contributed by atoms with Gasteiger partial charge in [-0.2, -0.15) is 5.26 Å². The first-order valence-corrected chi connectivity index (χ1v) is 5.85. The van der Waals surface area contributed by atoms with Crippen molar-refractivity contribution in [2.24, 2.45) is 0 Å². The Morgan fingerprint density at radius 1 is 1.42 bits per heavy atom. The number of hydrogen-bond acceptors (Lipinski definition) is 4. The number of carbonyl (C=O) groups is 1. The number of nitriles is 1. The molecule has 0 fully saturated rings. The minimum absolute atomic E-state index is 0.0220. The molecular formula is C13H12N4O2. The van der Waals surface area contributed by atoms with E-state index >= 15 is 0 Å². The van der Waals surface area contributed by atoms with Crippen LogP contribution in [0, 0.1) is 11.3 Å². The Morgan fingerprint density at radius 3 is 2.63 bits per heavy atom. The third-order valence-corrected chi connectivity index (χ3v) is 2.69. The average molecular weight is 256 g/mol. The highest BCUT2D eigenvalue weighted by atomic mass is 16.4. The van der Waals surface area contributed by atoms with Crippen LogP contribution in [-0.2, 0) is 6.42 Å². The minimum Gasteiger partial charge on any atom is -0.476 e. The van der Waals surface area contributed by atoms with E-state index in [1.54, 1.807) is 24.3 Å². The SMILES string of the molecule is CCCc1c(C(=O)O)nnn1-c1ccc(C#N)cc1. The van der Waals surface area contributed by atoms with Crippen molar-refractivity contribution < 1.29 is 9.90 Å². The maximum absolute atomic E-state index is 11.1. The van der Waals surface area contributed by atoms with E-state index in [1.807, 2.05) is 13.0 Å². The third kappa shape index (κ3) is 2.45. The lowest BCUT2D eigenvalue weighted by Gasteiger charge is -2.05. The molecule has 0 saturated heterocycles. The van der Waals surface area contributed by atoms with Crippen molar-refractivity contribution in [3.8, 4) is 11.8 Å². The van der Waals surface area contributed by atoms with Crippen LogP contribution in [0.3, 0.4) is 0 Å².